The minimum absolute atomic E-state index is 0.321. The summed E-state index contributed by atoms with van der Waals surface area (Å²) in [4.78, 5) is 12.3. The van der Waals surface area contributed by atoms with Gasteiger partial charge in [-0.05, 0) is 44.4 Å². The first kappa shape index (κ1) is 14.4. The Morgan fingerprint density at radius 2 is 1.50 bits per heavy atom. The highest BCUT2D eigenvalue weighted by Crippen LogP contribution is 2.32. The molecule has 3 heteroatoms. The summed E-state index contributed by atoms with van der Waals surface area (Å²) in [6.07, 6.45) is 14.9. The smallest absolute Gasteiger partial charge is 0.220 e. The molecule has 20 heavy (non-hydrogen) atoms. The number of rotatable bonds is 3. The van der Waals surface area contributed by atoms with E-state index >= 15 is 0 Å². The van der Waals surface area contributed by atoms with Crippen LogP contribution in [-0.4, -0.2) is 24.0 Å². The molecular weight excluding hydrogens is 248 g/mol. The molecule has 0 radical (unpaired) electrons. The number of carbonyl (C=O) groups is 1. The first-order chi connectivity index (χ1) is 9.79. The maximum absolute atomic E-state index is 12.3. The quantitative estimate of drug-likeness (QED) is 0.832. The van der Waals surface area contributed by atoms with Gasteiger partial charge in [-0.25, -0.2) is 0 Å². The van der Waals surface area contributed by atoms with Gasteiger partial charge in [0.25, 0.3) is 0 Å². The lowest BCUT2D eigenvalue weighted by atomic mass is 9.89. The zero-order chi connectivity index (χ0) is 13.8. The first-order valence-electron chi connectivity index (χ1n) is 8.85. The standard InChI is InChI=1S/C17H30N2O/c20-17(19-14-6-4-2-1-3-5-7-14)12-13-10-15-8-9-16(11-13)18-15/h13-16,18H,1-12H2,(H,19,20). The van der Waals surface area contributed by atoms with Gasteiger partial charge in [0.15, 0.2) is 0 Å². The molecule has 2 atom stereocenters. The number of fused-ring (bicyclic) bond motifs is 2. The van der Waals surface area contributed by atoms with Gasteiger partial charge < -0.3 is 10.6 Å². The van der Waals surface area contributed by atoms with Crippen LogP contribution in [0, 0.1) is 5.92 Å². The molecule has 0 aromatic rings. The van der Waals surface area contributed by atoms with E-state index in [1.54, 1.807) is 0 Å². The van der Waals surface area contributed by atoms with Crippen LogP contribution >= 0.6 is 0 Å². The lowest BCUT2D eigenvalue weighted by Crippen LogP contribution is -2.41. The fourth-order valence-corrected chi connectivity index (χ4v) is 4.49. The largest absolute Gasteiger partial charge is 0.353 e. The van der Waals surface area contributed by atoms with E-state index in [4.69, 9.17) is 0 Å². The zero-order valence-electron chi connectivity index (χ0n) is 12.7. The highest BCUT2D eigenvalue weighted by molar-refractivity contribution is 5.76. The zero-order valence-corrected chi connectivity index (χ0v) is 12.7. The Bertz CT molecular complexity index is 311. The van der Waals surface area contributed by atoms with Crippen molar-refractivity contribution in [1.82, 2.24) is 10.6 Å². The normalized spacial score (nSPS) is 35.3. The van der Waals surface area contributed by atoms with Gasteiger partial charge in [-0.2, -0.15) is 0 Å². The average molecular weight is 278 g/mol. The van der Waals surface area contributed by atoms with E-state index < -0.39 is 0 Å². The summed E-state index contributed by atoms with van der Waals surface area (Å²) < 4.78 is 0. The molecule has 1 saturated carbocycles. The van der Waals surface area contributed by atoms with Crippen LogP contribution in [0.1, 0.15) is 77.0 Å². The molecule has 3 aliphatic rings. The summed E-state index contributed by atoms with van der Waals surface area (Å²) in [6, 6.07) is 1.86. The molecule has 2 saturated heterocycles. The second-order valence-corrected chi connectivity index (χ2v) is 7.29. The van der Waals surface area contributed by atoms with Crippen molar-refractivity contribution in [2.24, 2.45) is 5.92 Å². The van der Waals surface area contributed by atoms with Crippen molar-refractivity contribution in [2.75, 3.05) is 0 Å². The number of hydrogen-bond donors (Lipinski definition) is 2. The van der Waals surface area contributed by atoms with Crippen LogP contribution in [0.25, 0.3) is 0 Å². The lowest BCUT2D eigenvalue weighted by molar-refractivity contribution is -0.123. The molecule has 2 unspecified atom stereocenters. The Morgan fingerprint density at radius 1 is 0.900 bits per heavy atom. The number of hydrogen-bond acceptors (Lipinski definition) is 2. The average Bonchev–Trinajstić information content (AvgIpc) is 2.72. The van der Waals surface area contributed by atoms with Crippen LogP contribution in [0.15, 0.2) is 0 Å². The van der Waals surface area contributed by atoms with Crippen molar-refractivity contribution in [3.8, 4) is 0 Å². The number of amides is 1. The van der Waals surface area contributed by atoms with Gasteiger partial charge in [0.05, 0.1) is 0 Å². The highest BCUT2D eigenvalue weighted by atomic mass is 16.1. The molecule has 3 nitrogen and oxygen atoms in total. The summed E-state index contributed by atoms with van der Waals surface area (Å²) in [5.41, 5.74) is 0. The summed E-state index contributed by atoms with van der Waals surface area (Å²) >= 11 is 0. The molecule has 2 aliphatic heterocycles. The third-order valence-corrected chi connectivity index (χ3v) is 5.52. The lowest BCUT2D eigenvalue weighted by Gasteiger charge is -2.29. The Balaban J connectivity index is 1.42. The van der Waals surface area contributed by atoms with Crippen LogP contribution in [0.5, 0.6) is 0 Å². The van der Waals surface area contributed by atoms with Crippen molar-refractivity contribution < 1.29 is 4.79 Å². The van der Waals surface area contributed by atoms with E-state index in [-0.39, 0.29) is 0 Å². The minimum Gasteiger partial charge on any atom is -0.353 e. The number of carbonyl (C=O) groups excluding carboxylic acids is 1. The van der Waals surface area contributed by atoms with E-state index in [0.717, 1.165) is 6.42 Å². The maximum Gasteiger partial charge on any atom is 0.220 e. The molecule has 2 N–H and O–H groups in total. The van der Waals surface area contributed by atoms with Gasteiger partial charge in [0.1, 0.15) is 0 Å². The monoisotopic (exact) mass is 278 g/mol. The molecule has 2 heterocycles. The van der Waals surface area contributed by atoms with E-state index in [1.165, 1.54) is 70.6 Å². The topological polar surface area (TPSA) is 41.1 Å². The molecule has 2 bridgehead atoms. The molecule has 1 amide bonds. The summed E-state index contributed by atoms with van der Waals surface area (Å²) in [7, 11) is 0. The first-order valence-corrected chi connectivity index (χ1v) is 8.85. The van der Waals surface area contributed by atoms with Crippen molar-refractivity contribution in [1.29, 1.82) is 0 Å². The second-order valence-electron chi connectivity index (χ2n) is 7.29. The molecule has 3 rings (SSSR count). The number of piperidine rings is 1. The minimum atomic E-state index is 0.321. The fraction of sp³-hybridized carbons (Fsp3) is 0.941. The predicted octanol–water partition coefficient (Wildman–Crippen LogP) is 3.14. The third-order valence-electron chi connectivity index (χ3n) is 5.52. The van der Waals surface area contributed by atoms with E-state index in [2.05, 4.69) is 10.6 Å². The van der Waals surface area contributed by atoms with E-state index in [0.29, 0.717) is 30.0 Å². The van der Waals surface area contributed by atoms with Gasteiger partial charge in [-0.1, -0.05) is 32.1 Å². The summed E-state index contributed by atoms with van der Waals surface area (Å²) in [5, 5.41) is 6.98. The Morgan fingerprint density at radius 3 is 2.15 bits per heavy atom. The van der Waals surface area contributed by atoms with Gasteiger partial charge in [0, 0.05) is 24.5 Å². The fourth-order valence-electron chi connectivity index (χ4n) is 4.49. The Kier molecular flexibility index (Phi) is 4.98. The van der Waals surface area contributed by atoms with Crippen LogP contribution in [0.2, 0.25) is 0 Å². The van der Waals surface area contributed by atoms with Gasteiger partial charge in [-0.3, -0.25) is 4.79 Å². The van der Waals surface area contributed by atoms with Crippen molar-refractivity contribution in [3.05, 3.63) is 0 Å². The summed E-state index contributed by atoms with van der Waals surface area (Å²) in [5.74, 6) is 0.948. The van der Waals surface area contributed by atoms with Crippen LogP contribution < -0.4 is 10.6 Å². The maximum atomic E-state index is 12.3. The molecule has 114 valence electrons. The molecular formula is C17H30N2O. The second kappa shape index (κ2) is 6.93. The molecule has 0 spiro atoms. The van der Waals surface area contributed by atoms with Crippen LogP contribution in [0.4, 0.5) is 0 Å². The van der Waals surface area contributed by atoms with Crippen LogP contribution in [0.3, 0.4) is 0 Å². The molecule has 3 fully saturated rings. The molecule has 0 aromatic carbocycles. The molecule has 0 aromatic heterocycles. The van der Waals surface area contributed by atoms with Crippen LogP contribution in [-0.2, 0) is 4.79 Å². The number of nitrogens with one attached hydrogen (secondary N) is 2. The van der Waals surface area contributed by atoms with E-state index in [9.17, 15) is 4.79 Å². The molecule has 1 aliphatic carbocycles. The Hall–Kier alpha value is -0.570. The summed E-state index contributed by atoms with van der Waals surface area (Å²) in [6.45, 7) is 0. The predicted molar refractivity (Wildman–Crippen MR) is 81.5 cm³/mol. The third kappa shape index (κ3) is 3.97. The van der Waals surface area contributed by atoms with Crippen molar-refractivity contribution in [3.63, 3.8) is 0 Å². The van der Waals surface area contributed by atoms with Crippen molar-refractivity contribution in [2.45, 2.75) is 95.2 Å². The van der Waals surface area contributed by atoms with Gasteiger partial charge >= 0.3 is 0 Å². The van der Waals surface area contributed by atoms with Gasteiger partial charge in [-0.15, -0.1) is 0 Å². The van der Waals surface area contributed by atoms with E-state index in [1.807, 2.05) is 0 Å². The highest BCUT2D eigenvalue weighted by Gasteiger charge is 2.34. The Labute approximate surface area is 123 Å². The van der Waals surface area contributed by atoms with Gasteiger partial charge in [0.2, 0.25) is 5.91 Å². The SMILES string of the molecule is O=C(CC1CC2CCC(C1)N2)NC1CCCCCCC1. The van der Waals surface area contributed by atoms with Crippen molar-refractivity contribution >= 4 is 5.91 Å².